The molecule has 0 aliphatic heterocycles. The van der Waals surface area contributed by atoms with Gasteiger partial charge in [0.25, 0.3) is 0 Å². The normalized spacial score (nSPS) is 13.7. The first-order chi connectivity index (χ1) is 10.2. The van der Waals surface area contributed by atoms with Crippen LogP contribution in [0.15, 0.2) is 0 Å². The molecule has 0 fully saturated rings. The molecule has 0 rings (SSSR count). The number of rotatable bonds is 11. The maximum atomic E-state index is 13.0. The van der Waals surface area contributed by atoms with Crippen LogP contribution in [-0.4, -0.2) is 30.3 Å². The number of alkyl halides is 7. The van der Waals surface area contributed by atoms with Gasteiger partial charge in [-0.1, -0.05) is 32.1 Å². The van der Waals surface area contributed by atoms with Crippen molar-refractivity contribution < 1.29 is 95.1 Å². The van der Waals surface area contributed by atoms with E-state index in [1.807, 2.05) is 0 Å². The summed E-state index contributed by atoms with van der Waals surface area (Å²) in [6.45, 7) is 0. The van der Waals surface area contributed by atoms with Crippen molar-refractivity contribution in [1.29, 1.82) is 0 Å². The van der Waals surface area contributed by atoms with Crippen molar-refractivity contribution in [3.63, 3.8) is 0 Å². The van der Waals surface area contributed by atoms with Crippen LogP contribution in [0.3, 0.4) is 0 Å². The van der Waals surface area contributed by atoms with Crippen LogP contribution in [0.25, 0.3) is 0 Å². The van der Waals surface area contributed by atoms with Gasteiger partial charge >= 0.3 is 68.7 Å². The molecule has 0 radical (unpaired) electrons. The maximum Gasteiger partial charge on any atom is 1.00 e. The SMILES string of the molecule is O=S(=O)([O-])C(F)(F)C(F)(F)CCCCCCCCCC(F)(F)F.[K+]. The van der Waals surface area contributed by atoms with Crippen LogP contribution in [0.5, 0.6) is 0 Å². The van der Waals surface area contributed by atoms with E-state index in [9.17, 15) is 43.7 Å². The number of hydrogen-bond donors (Lipinski definition) is 0. The van der Waals surface area contributed by atoms with Crippen LogP contribution < -0.4 is 51.4 Å². The first kappa shape index (κ1) is 27.3. The van der Waals surface area contributed by atoms with Crippen molar-refractivity contribution in [2.75, 3.05) is 0 Å². The van der Waals surface area contributed by atoms with Gasteiger partial charge < -0.3 is 4.55 Å². The van der Waals surface area contributed by atoms with Gasteiger partial charge in [-0.2, -0.15) is 30.7 Å². The fraction of sp³-hybridized carbons (Fsp3) is 1.00. The van der Waals surface area contributed by atoms with E-state index in [4.69, 9.17) is 0 Å². The van der Waals surface area contributed by atoms with E-state index in [-0.39, 0.29) is 64.2 Å². The Labute approximate surface area is 178 Å². The Bertz CT molecular complexity index is 452. The summed E-state index contributed by atoms with van der Waals surface area (Å²) in [4.78, 5) is 0. The molecule has 140 valence electrons. The van der Waals surface area contributed by atoms with Crippen LogP contribution >= 0.6 is 0 Å². The van der Waals surface area contributed by atoms with Crippen molar-refractivity contribution in [3.05, 3.63) is 0 Å². The summed E-state index contributed by atoms with van der Waals surface area (Å²) in [6, 6.07) is 0. The zero-order chi connectivity index (χ0) is 18.4. The van der Waals surface area contributed by atoms with E-state index < -0.39 is 46.7 Å². The van der Waals surface area contributed by atoms with Crippen LogP contribution in [0.4, 0.5) is 30.7 Å². The van der Waals surface area contributed by atoms with Gasteiger partial charge in [-0.25, -0.2) is 8.42 Å². The first-order valence-corrected chi connectivity index (χ1v) is 8.39. The topological polar surface area (TPSA) is 57.2 Å². The molecule has 0 bridgehead atoms. The average Bonchev–Trinajstić information content (AvgIpc) is 2.33. The molecule has 3 nitrogen and oxygen atoms in total. The Morgan fingerprint density at radius 2 is 1.00 bits per heavy atom. The van der Waals surface area contributed by atoms with Crippen molar-refractivity contribution in [2.24, 2.45) is 0 Å². The molecule has 12 heteroatoms. The summed E-state index contributed by atoms with van der Waals surface area (Å²) in [5.41, 5.74) is 0. The zero-order valence-electron chi connectivity index (χ0n) is 13.1. The summed E-state index contributed by atoms with van der Waals surface area (Å²) in [5.74, 6) is -4.94. The third kappa shape index (κ3) is 10.3. The minimum Gasteiger partial charge on any atom is -0.743 e. The first-order valence-electron chi connectivity index (χ1n) is 6.98. The fourth-order valence-electron chi connectivity index (χ4n) is 1.88. The zero-order valence-corrected chi connectivity index (χ0v) is 17.1. The molecule has 24 heavy (non-hydrogen) atoms. The molecular formula is C12H18F7KO3S. The Kier molecular flexibility index (Phi) is 12.5. The molecule has 0 heterocycles. The molecule has 0 atom stereocenters. The molecule has 0 saturated heterocycles. The second kappa shape index (κ2) is 11.0. The van der Waals surface area contributed by atoms with E-state index in [1.165, 1.54) is 0 Å². The van der Waals surface area contributed by atoms with Gasteiger partial charge in [0, 0.05) is 12.8 Å². The Morgan fingerprint density at radius 1 is 0.667 bits per heavy atom. The van der Waals surface area contributed by atoms with Crippen molar-refractivity contribution in [3.8, 4) is 0 Å². The molecule has 0 saturated carbocycles. The predicted octanol–water partition coefficient (Wildman–Crippen LogP) is 1.84. The number of hydrogen-bond acceptors (Lipinski definition) is 3. The van der Waals surface area contributed by atoms with E-state index in [0.29, 0.717) is 25.7 Å². The molecule has 0 aliphatic rings. The minimum absolute atomic E-state index is 0. The Morgan fingerprint density at radius 3 is 1.33 bits per heavy atom. The fourth-order valence-corrected chi connectivity index (χ4v) is 2.35. The Balaban J connectivity index is 0. The summed E-state index contributed by atoms with van der Waals surface area (Å²) < 4.78 is 118. The summed E-state index contributed by atoms with van der Waals surface area (Å²) in [5, 5.41) is -5.66. The summed E-state index contributed by atoms with van der Waals surface area (Å²) >= 11 is 0. The molecule has 0 N–H and O–H groups in total. The molecule has 0 spiro atoms. The molecule has 0 aromatic carbocycles. The van der Waals surface area contributed by atoms with E-state index in [2.05, 4.69) is 0 Å². The van der Waals surface area contributed by atoms with Gasteiger partial charge in [-0.05, 0) is 12.8 Å². The molecule has 0 aromatic rings. The van der Waals surface area contributed by atoms with Crippen LogP contribution in [-0.2, 0) is 10.1 Å². The minimum atomic E-state index is -6.46. The smallest absolute Gasteiger partial charge is 0.743 e. The second-order valence-electron chi connectivity index (χ2n) is 5.27. The van der Waals surface area contributed by atoms with E-state index in [1.54, 1.807) is 0 Å². The number of unbranched alkanes of at least 4 members (excludes halogenated alkanes) is 6. The van der Waals surface area contributed by atoms with Gasteiger partial charge in [-0.15, -0.1) is 0 Å². The average molecular weight is 414 g/mol. The molecule has 0 aromatic heterocycles. The maximum absolute atomic E-state index is 13.0. The molecule has 0 unspecified atom stereocenters. The van der Waals surface area contributed by atoms with Gasteiger partial charge in [0.15, 0.2) is 10.1 Å². The predicted molar refractivity (Wildman–Crippen MR) is 67.2 cm³/mol. The summed E-state index contributed by atoms with van der Waals surface area (Å²) in [7, 11) is -6.46. The molecule has 0 aliphatic carbocycles. The van der Waals surface area contributed by atoms with Gasteiger partial charge in [0.05, 0.1) is 0 Å². The second-order valence-corrected chi connectivity index (χ2v) is 6.69. The third-order valence-corrected chi connectivity index (χ3v) is 4.12. The van der Waals surface area contributed by atoms with Gasteiger partial charge in [-0.3, -0.25) is 0 Å². The Hall–Kier alpha value is 1.06. The third-order valence-electron chi connectivity index (χ3n) is 3.19. The van der Waals surface area contributed by atoms with Crippen molar-refractivity contribution >= 4 is 10.1 Å². The van der Waals surface area contributed by atoms with Crippen LogP contribution in [0.2, 0.25) is 0 Å². The largest absolute Gasteiger partial charge is 1.00 e. The van der Waals surface area contributed by atoms with Crippen molar-refractivity contribution in [2.45, 2.75) is 75.1 Å². The standard InChI is InChI=1S/C12H19F7O3S.K/c13-10(14,12(18,19)23(20,21)22)8-6-4-2-1-3-5-7-9-11(15,16)17;/h1-9H2,(H,20,21,22);/q;+1/p-1. The van der Waals surface area contributed by atoms with Crippen LogP contribution in [0.1, 0.15) is 57.8 Å². The van der Waals surface area contributed by atoms with E-state index >= 15 is 0 Å². The quantitative estimate of drug-likeness (QED) is 0.224. The van der Waals surface area contributed by atoms with Gasteiger partial charge in [0.2, 0.25) is 0 Å². The number of halogens is 7. The monoisotopic (exact) mass is 414 g/mol. The summed E-state index contributed by atoms with van der Waals surface area (Å²) in [6.07, 6.45) is -5.33. The van der Waals surface area contributed by atoms with Crippen molar-refractivity contribution in [1.82, 2.24) is 0 Å². The van der Waals surface area contributed by atoms with E-state index in [0.717, 1.165) is 0 Å². The molecular weight excluding hydrogens is 396 g/mol. The van der Waals surface area contributed by atoms with Crippen LogP contribution in [0, 0.1) is 0 Å². The van der Waals surface area contributed by atoms with Gasteiger partial charge in [0.1, 0.15) is 0 Å². The molecule has 0 amide bonds.